The van der Waals surface area contributed by atoms with E-state index in [1.54, 1.807) is 11.8 Å². The summed E-state index contributed by atoms with van der Waals surface area (Å²) < 4.78 is 31.5. The van der Waals surface area contributed by atoms with Gasteiger partial charge in [-0.2, -0.15) is 20.2 Å². The molecule has 0 aromatic heterocycles. The van der Waals surface area contributed by atoms with Gasteiger partial charge in [0, 0.05) is 11.0 Å². The Balaban J connectivity index is 1.62. The third kappa shape index (κ3) is 3.89. The van der Waals surface area contributed by atoms with E-state index in [0.29, 0.717) is 17.7 Å². The molecule has 0 bridgehead atoms. The molecule has 0 spiro atoms. The minimum Gasteiger partial charge on any atom is -0.480 e. The Morgan fingerprint density at radius 3 is 2.59 bits per heavy atom. The van der Waals surface area contributed by atoms with Crippen molar-refractivity contribution in [3.8, 4) is 0 Å². The second-order valence-electron chi connectivity index (χ2n) is 6.72. The van der Waals surface area contributed by atoms with Crippen LogP contribution in [0.25, 0.3) is 0 Å². The molecular formula is C14H19N3O8S2. The minimum absolute atomic E-state index is 0.0278. The molecule has 3 aliphatic heterocycles. The molecule has 0 aromatic rings. The summed E-state index contributed by atoms with van der Waals surface area (Å²) in [5.74, 6) is -2.81. The number of likely N-dealkylation sites (tertiary alicyclic amines) is 1. The Hall–Kier alpha value is -1.86. The summed E-state index contributed by atoms with van der Waals surface area (Å²) in [5.41, 5.74) is 0. The number of carbonyl (C=O) groups is 4. The number of hydrogen-bond donors (Lipinski definition) is 4. The van der Waals surface area contributed by atoms with Crippen LogP contribution in [0.5, 0.6) is 0 Å². The van der Waals surface area contributed by atoms with Gasteiger partial charge in [-0.05, 0) is 19.3 Å². The number of nitrogens with zero attached hydrogens (tertiary/aromatic N) is 1. The molecule has 11 nitrogen and oxygen atoms in total. The second-order valence-corrected chi connectivity index (χ2v) is 9.59. The Kier molecular flexibility index (Phi) is 5.36. The molecule has 5 atom stereocenters. The lowest BCUT2D eigenvalue weighted by Crippen LogP contribution is -2.46. The fourth-order valence-corrected chi connectivity index (χ4v) is 5.97. The average molecular weight is 421 g/mol. The number of carboxylic acid groups (broad SMARTS) is 1. The van der Waals surface area contributed by atoms with E-state index in [1.807, 2.05) is 0 Å². The normalized spacial score (nSPS) is 31.6. The quantitative estimate of drug-likeness (QED) is 0.224. The number of amides is 4. The monoisotopic (exact) mass is 421 g/mol. The maximum absolute atomic E-state index is 12.2. The zero-order chi connectivity index (χ0) is 19.9. The van der Waals surface area contributed by atoms with Gasteiger partial charge in [-0.3, -0.25) is 19.0 Å². The van der Waals surface area contributed by atoms with E-state index in [4.69, 9.17) is 4.55 Å². The lowest BCUT2D eigenvalue weighted by Gasteiger charge is -2.24. The van der Waals surface area contributed by atoms with Gasteiger partial charge in [0.25, 0.3) is 16.0 Å². The molecule has 3 aliphatic rings. The van der Waals surface area contributed by atoms with E-state index >= 15 is 0 Å². The molecule has 3 fully saturated rings. The second kappa shape index (κ2) is 7.28. The van der Waals surface area contributed by atoms with E-state index < -0.39 is 45.6 Å². The Morgan fingerprint density at radius 2 is 2.00 bits per heavy atom. The molecule has 2 unspecified atom stereocenters. The number of rotatable bonds is 7. The highest BCUT2D eigenvalue weighted by atomic mass is 32.2. The average Bonchev–Trinajstić information content (AvgIpc) is 3.17. The van der Waals surface area contributed by atoms with Crippen molar-refractivity contribution in [2.75, 3.05) is 5.75 Å². The molecule has 13 heteroatoms. The number of imide groups is 1. The summed E-state index contributed by atoms with van der Waals surface area (Å²) in [6.45, 7) is 0. The van der Waals surface area contributed by atoms with Crippen LogP contribution in [0.3, 0.4) is 0 Å². The summed E-state index contributed by atoms with van der Waals surface area (Å²) in [5, 5.41) is 13.2. The van der Waals surface area contributed by atoms with E-state index in [-0.39, 0.29) is 29.8 Å². The Morgan fingerprint density at radius 1 is 1.30 bits per heavy atom. The lowest BCUT2D eigenvalue weighted by atomic mass is 10.0. The van der Waals surface area contributed by atoms with Crippen LogP contribution in [0.2, 0.25) is 0 Å². The van der Waals surface area contributed by atoms with E-state index in [1.165, 1.54) is 0 Å². The van der Waals surface area contributed by atoms with Crippen LogP contribution in [-0.4, -0.2) is 81.2 Å². The number of aliphatic carboxylic acids is 1. The SMILES string of the molecule is O=C1N[C@H]2[C@H](CS[C@H]2CCCC(C(=O)O)N2C(=O)CC(S(=O)(=O)O)C2=O)N1. The number of hydrogen-bond acceptors (Lipinski definition) is 7. The maximum atomic E-state index is 12.2. The molecule has 0 aliphatic carbocycles. The molecule has 27 heavy (non-hydrogen) atoms. The topological polar surface area (TPSA) is 170 Å². The van der Waals surface area contributed by atoms with Gasteiger partial charge < -0.3 is 15.7 Å². The van der Waals surface area contributed by atoms with Gasteiger partial charge in [0.1, 0.15) is 6.04 Å². The van der Waals surface area contributed by atoms with Crippen LogP contribution < -0.4 is 10.6 Å². The van der Waals surface area contributed by atoms with Gasteiger partial charge in [-0.1, -0.05) is 0 Å². The zero-order valence-corrected chi connectivity index (χ0v) is 15.7. The number of nitrogens with one attached hydrogen (secondary N) is 2. The largest absolute Gasteiger partial charge is 0.480 e. The Labute approximate surface area is 159 Å². The highest BCUT2D eigenvalue weighted by Gasteiger charge is 2.50. The van der Waals surface area contributed by atoms with Crippen molar-refractivity contribution in [1.82, 2.24) is 15.5 Å². The highest BCUT2D eigenvalue weighted by molar-refractivity contribution is 8.00. The smallest absolute Gasteiger partial charge is 0.326 e. The van der Waals surface area contributed by atoms with E-state index in [2.05, 4.69) is 10.6 Å². The van der Waals surface area contributed by atoms with Gasteiger partial charge in [-0.15, -0.1) is 0 Å². The van der Waals surface area contributed by atoms with Gasteiger partial charge in [0.05, 0.1) is 18.5 Å². The van der Waals surface area contributed by atoms with Crippen molar-refractivity contribution >= 4 is 45.7 Å². The van der Waals surface area contributed by atoms with Crippen LogP contribution in [0.4, 0.5) is 4.79 Å². The molecule has 3 rings (SSSR count). The maximum Gasteiger partial charge on any atom is 0.326 e. The Bertz CT molecular complexity index is 785. The van der Waals surface area contributed by atoms with Crippen molar-refractivity contribution in [1.29, 1.82) is 0 Å². The van der Waals surface area contributed by atoms with E-state index in [9.17, 15) is 32.7 Å². The summed E-state index contributed by atoms with van der Waals surface area (Å²) in [4.78, 5) is 47.5. The minimum atomic E-state index is -4.78. The third-order valence-corrected chi connectivity index (χ3v) is 7.60. The summed E-state index contributed by atoms with van der Waals surface area (Å²) in [7, 11) is -4.78. The number of carbonyl (C=O) groups excluding carboxylic acids is 3. The zero-order valence-electron chi connectivity index (χ0n) is 14.0. The van der Waals surface area contributed by atoms with Crippen molar-refractivity contribution in [2.45, 2.75) is 54.3 Å². The molecule has 3 saturated heterocycles. The van der Waals surface area contributed by atoms with Crippen molar-refractivity contribution in [3.05, 3.63) is 0 Å². The molecular weight excluding hydrogens is 402 g/mol. The summed E-state index contributed by atoms with van der Waals surface area (Å²) in [6.07, 6.45) is 0.124. The number of carboxylic acids is 1. The molecule has 150 valence electrons. The van der Waals surface area contributed by atoms with Gasteiger partial charge in [0.2, 0.25) is 5.91 Å². The van der Waals surface area contributed by atoms with Crippen LogP contribution in [0.15, 0.2) is 0 Å². The van der Waals surface area contributed by atoms with Crippen LogP contribution in [0, 0.1) is 0 Å². The molecule has 3 heterocycles. The molecule has 0 radical (unpaired) electrons. The van der Waals surface area contributed by atoms with Crippen LogP contribution in [-0.2, 0) is 24.5 Å². The summed E-state index contributed by atoms with van der Waals surface area (Å²) in [6, 6.07) is -1.75. The first-order valence-corrected chi connectivity index (χ1v) is 10.9. The molecule has 0 saturated carbocycles. The summed E-state index contributed by atoms with van der Waals surface area (Å²) >= 11 is 1.65. The van der Waals surface area contributed by atoms with Crippen molar-refractivity contribution in [2.24, 2.45) is 0 Å². The predicted molar refractivity (Wildman–Crippen MR) is 92.6 cm³/mol. The van der Waals surface area contributed by atoms with Crippen molar-refractivity contribution in [3.63, 3.8) is 0 Å². The fraction of sp³-hybridized carbons (Fsp3) is 0.714. The van der Waals surface area contributed by atoms with E-state index in [0.717, 1.165) is 5.75 Å². The van der Waals surface area contributed by atoms with Gasteiger partial charge >= 0.3 is 12.0 Å². The standard InChI is InChI=1S/C14H19N3O8S2/c18-10-4-9(27(23,24)25)12(19)17(10)7(13(20)21)2-1-3-8-11-6(5-26-8)15-14(22)16-11/h6-9,11H,1-5H2,(H,20,21)(H2,15,16,22)(H,23,24,25)/t6-,7?,8-,9?,11-/m0/s1. The predicted octanol–water partition coefficient (Wildman–Crippen LogP) is -1.21. The highest BCUT2D eigenvalue weighted by Crippen LogP contribution is 2.33. The van der Waals surface area contributed by atoms with Crippen LogP contribution >= 0.6 is 11.8 Å². The first-order chi connectivity index (χ1) is 12.6. The number of fused-ring (bicyclic) bond motifs is 1. The fourth-order valence-electron chi connectivity index (χ4n) is 3.70. The number of thioether (sulfide) groups is 1. The molecule has 0 aromatic carbocycles. The third-order valence-electron chi connectivity index (χ3n) is 5.00. The van der Waals surface area contributed by atoms with Gasteiger partial charge in [-0.25, -0.2) is 9.59 Å². The first kappa shape index (κ1) is 19.9. The molecule has 4 N–H and O–H groups in total. The lowest BCUT2D eigenvalue weighted by molar-refractivity contribution is -0.154. The van der Waals surface area contributed by atoms with Crippen LogP contribution in [0.1, 0.15) is 25.7 Å². The first-order valence-electron chi connectivity index (χ1n) is 8.33. The van der Waals surface area contributed by atoms with Crippen molar-refractivity contribution < 1.29 is 37.3 Å². The van der Waals surface area contributed by atoms with Gasteiger partial charge in [0.15, 0.2) is 5.25 Å². The molecule has 4 amide bonds. The number of urea groups is 1.